The molecular weight excluding hydrogens is 604 g/mol. The lowest BCUT2D eigenvalue weighted by Crippen LogP contribution is -2.56. The van der Waals surface area contributed by atoms with Gasteiger partial charge in [0.15, 0.2) is 0 Å². The van der Waals surface area contributed by atoms with E-state index in [-0.39, 0.29) is 36.1 Å². The number of carbonyl (C=O) groups excluding carboxylic acids is 2. The van der Waals surface area contributed by atoms with Gasteiger partial charge in [-0.05, 0) is 87.2 Å². The van der Waals surface area contributed by atoms with Crippen LogP contribution in [0.15, 0.2) is 35.9 Å². The summed E-state index contributed by atoms with van der Waals surface area (Å²) >= 11 is 0. The number of carbonyl (C=O) groups is 2. The van der Waals surface area contributed by atoms with Crippen molar-refractivity contribution in [3.63, 3.8) is 0 Å². The van der Waals surface area contributed by atoms with Gasteiger partial charge >= 0.3 is 10.2 Å². The molecule has 0 unspecified atom stereocenters. The molecule has 1 saturated heterocycles. The van der Waals surface area contributed by atoms with Crippen molar-refractivity contribution in [2.45, 2.75) is 70.5 Å². The highest BCUT2D eigenvalue weighted by Crippen LogP contribution is 2.46. The van der Waals surface area contributed by atoms with Crippen LogP contribution in [0.2, 0.25) is 0 Å². The summed E-state index contributed by atoms with van der Waals surface area (Å²) in [7, 11) is 2.43. The lowest BCUT2D eigenvalue weighted by molar-refractivity contribution is -0.131. The van der Waals surface area contributed by atoms with E-state index < -0.39 is 16.1 Å². The first kappa shape index (κ1) is 32.2. The first-order valence-corrected chi connectivity index (χ1v) is 17.5. The molecule has 12 heteroatoms. The van der Waals surface area contributed by atoms with Crippen LogP contribution in [0.3, 0.4) is 0 Å². The maximum Gasteiger partial charge on any atom is 0.303 e. The van der Waals surface area contributed by atoms with E-state index in [2.05, 4.69) is 35.1 Å². The van der Waals surface area contributed by atoms with Crippen molar-refractivity contribution in [3.05, 3.63) is 52.7 Å². The van der Waals surface area contributed by atoms with Crippen LogP contribution in [0, 0.1) is 0 Å². The Morgan fingerprint density at radius 1 is 1.02 bits per heavy atom. The van der Waals surface area contributed by atoms with Crippen LogP contribution in [0.1, 0.15) is 73.5 Å². The molecule has 2 aromatic heterocycles. The van der Waals surface area contributed by atoms with E-state index in [9.17, 15) is 18.0 Å². The number of hydrogen-bond donors (Lipinski definition) is 1. The molecule has 2 fully saturated rings. The highest BCUT2D eigenvalue weighted by Gasteiger charge is 2.35. The number of nitrogens with one attached hydrogen (secondary N) is 1. The molecule has 246 valence electrons. The molecule has 0 bridgehead atoms. The van der Waals surface area contributed by atoms with Gasteiger partial charge in [0.1, 0.15) is 17.1 Å². The van der Waals surface area contributed by atoms with Crippen LogP contribution in [0.5, 0.6) is 5.75 Å². The molecule has 6 rings (SSSR count). The third kappa shape index (κ3) is 5.82. The first-order valence-electron chi connectivity index (χ1n) is 16.1. The monoisotopic (exact) mass is 648 g/mol. The highest BCUT2D eigenvalue weighted by atomic mass is 32.2. The van der Waals surface area contributed by atoms with E-state index >= 15 is 0 Å². The van der Waals surface area contributed by atoms with Crippen molar-refractivity contribution in [1.29, 1.82) is 0 Å². The summed E-state index contributed by atoms with van der Waals surface area (Å²) in [6, 6.07) is 9.89. The van der Waals surface area contributed by atoms with Gasteiger partial charge in [-0.15, -0.1) is 0 Å². The van der Waals surface area contributed by atoms with Crippen LogP contribution in [-0.4, -0.2) is 97.3 Å². The van der Waals surface area contributed by atoms with Crippen LogP contribution in [-0.2, 0) is 21.5 Å². The molecule has 0 radical (unpaired) electrons. The Hall–Kier alpha value is -3.74. The molecule has 2 aliphatic heterocycles. The largest absolute Gasteiger partial charge is 0.497 e. The van der Waals surface area contributed by atoms with E-state index in [1.807, 2.05) is 35.2 Å². The lowest BCUT2D eigenvalue weighted by atomic mass is 9.81. The summed E-state index contributed by atoms with van der Waals surface area (Å²) in [5.41, 5.74) is 5.21. The molecular formula is C34H44N6O5S. The Balaban J connectivity index is 1.54. The summed E-state index contributed by atoms with van der Waals surface area (Å²) in [6.07, 6.45) is 7.52. The number of aromatic nitrogens is 2. The second-order valence-corrected chi connectivity index (χ2v) is 15.1. The summed E-state index contributed by atoms with van der Waals surface area (Å²) in [4.78, 5) is 36.6. The fourth-order valence-electron chi connectivity index (χ4n) is 7.19. The SMILES string of the molecule is COc1ccc2c(c1)C=C(C(=O)N1C[C@@H](C)N(C)[C@@H](C)C1)Cn1c-2c(C2CCCCC2)c2ccc(C(=O)NS(=O)(=O)N(C)C)nc21. The van der Waals surface area contributed by atoms with Crippen molar-refractivity contribution in [1.82, 2.24) is 28.4 Å². The summed E-state index contributed by atoms with van der Waals surface area (Å²) in [5, 5.41) is 0.922. The van der Waals surface area contributed by atoms with Gasteiger partial charge in [-0.2, -0.15) is 12.7 Å². The number of benzene rings is 1. The number of piperazine rings is 1. The number of ether oxygens (including phenoxy) is 1. The number of fused-ring (bicyclic) bond motifs is 5. The van der Waals surface area contributed by atoms with Crippen molar-refractivity contribution >= 4 is 39.1 Å². The van der Waals surface area contributed by atoms with Crippen molar-refractivity contribution in [3.8, 4) is 17.0 Å². The van der Waals surface area contributed by atoms with Crippen molar-refractivity contribution in [2.75, 3.05) is 41.3 Å². The first-order chi connectivity index (χ1) is 21.9. The number of rotatable bonds is 6. The van der Waals surface area contributed by atoms with Gasteiger partial charge in [0, 0.05) is 55.8 Å². The number of pyridine rings is 1. The van der Waals surface area contributed by atoms with Crippen LogP contribution in [0.25, 0.3) is 28.4 Å². The predicted molar refractivity (Wildman–Crippen MR) is 179 cm³/mol. The average Bonchev–Trinajstić information content (AvgIpc) is 3.25. The molecule has 1 N–H and O–H groups in total. The second-order valence-electron chi connectivity index (χ2n) is 13.2. The molecule has 11 nitrogen and oxygen atoms in total. The molecule has 2 atom stereocenters. The zero-order valence-corrected chi connectivity index (χ0v) is 28.4. The van der Waals surface area contributed by atoms with Crippen LogP contribution in [0.4, 0.5) is 0 Å². The molecule has 3 aliphatic rings. The van der Waals surface area contributed by atoms with E-state index in [0.717, 1.165) is 52.2 Å². The zero-order chi connectivity index (χ0) is 32.9. The number of nitrogens with zero attached hydrogens (tertiary/aromatic N) is 5. The molecule has 4 heterocycles. The van der Waals surface area contributed by atoms with Crippen LogP contribution >= 0.6 is 0 Å². The average molecular weight is 649 g/mol. The third-order valence-corrected chi connectivity index (χ3v) is 11.4. The molecule has 1 aliphatic carbocycles. The fourth-order valence-corrected chi connectivity index (χ4v) is 7.71. The molecule has 46 heavy (non-hydrogen) atoms. The quantitative estimate of drug-likeness (QED) is 0.425. The smallest absolute Gasteiger partial charge is 0.303 e. The molecule has 3 aromatic rings. The number of likely N-dealkylation sites (N-methyl/N-ethyl adjacent to an activating group) is 1. The maximum absolute atomic E-state index is 14.4. The fraction of sp³-hybridized carbons (Fsp3) is 0.500. The standard InChI is InChI=1S/C34H44N6O5S/c1-21-18-39(19-22(2)38(21)5)34(42)25-16-24-17-26(45-6)12-13-27(24)31-30(23-10-8-7-9-11-23)28-14-15-29(35-32(28)40(31)20-25)33(41)36-46(43,44)37(3)4/h12-17,21-23H,7-11,18-20H2,1-6H3,(H,36,41)/t21-,22+. The van der Waals surface area contributed by atoms with Crippen molar-refractivity contribution in [2.24, 2.45) is 0 Å². The van der Waals surface area contributed by atoms with Gasteiger partial charge in [0.2, 0.25) is 0 Å². The maximum atomic E-state index is 14.4. The van der Waals surface area contributed by atoms with E-state index in [4.69, 9.17) is 9.72 Å². The van der Waals surface area contributed by atoms with Crippen molar-refractivity contribution < 1.29 is 22.7 Å². The number of methoxy groups -OCH3 is 1. The minimum Gasteiger partial charge on any atom is -0.497 e. The number of hydrogen-bond acceptors (Lipinski definition) is 7. The minimum atomic E-state index is -4.01. The summed E-state index contributed by atoms with van der Waals surface area (Å²) in [5.74, 6) is 0.151. The zero-order valence-electron chi connectivity index (χ0n) is 27.5. The lowest BCUT2D eigenvalue weighted by Gasteiger charge is -2.42. The molecule has 1 saturated carbocycles. The van der Waals surface area contributed by atoms with Gasteiger partial charge in [0.25, 0.3) is 11.8 Å². The molecule has 1 aromatic carbocycles. The Morgan fingerprint density at radius 3 is 2.37 bits per heavy atom. The minimum absolute atomic E-state index is 0.00815. The number of amides is 2. The van der Waals surface area contributed by atoms with E-state index in [1.54, 1.807) is 13.2 Å². The van der Waals surface area contributed by atoms with Crippen LogP contribution < -0.4 is 9.46 Å². The topological polar surface area (TPSA) is 117 Å². The van der Waals surface area contributed by atoms with E-state index in [0.29, 0.717) is 30.1 Å². The Labute approximate surface area is 271 Å². The molecule has 2 amide bonds. The normalized spacial score (nSPS) is 21.0. The van der Waals surface area contributed by atoms with Gasteiger partial charge < -0.3 is 14.2 Å². The second kappa shape index (κ2) is 12.5. The molecule has 0 spiro atoms. The Kier molecular flexibility index (Phi) is 8.73. The Morgan fingerprint density at radius 2 is 1.72 bits per heavy atom. The summed E-state index contributed by atoms with van der Waals surface area (Å²) in [6.45, 7) is 5.78. The van der Waals surface area contributed by atoms with Gasteiger partial charge in [-0.3, -0.25) is 14.5 Å². The van der Waals surface area contributed by atoms with Gasteiger partial charge in [-0.1, -0.05) is 19.3 Å². The predicted octanol–water partition coefficient (Wildman–Crippen LogP) is 4.24. The summed E-state index contributed by atoms with van der Waals surface area (Å²) < 4.78 is 35.7. The van der Waals surface area contributed by atoms with Gasteiger partial charge in [-0.25, -0.2) is 9.71 Å². The van der Waals surface area contributed by atoms with E-state index in [1.165, 1.54) is 26.1 Å². The Bertz CT molecular complexity index is 1810. The third-order valence-electron chi connectivity index (χ3n) is 9.99. The highest BCUT2D eigenvalue weighted by molar-refractivity contribution is 7.87. The van der Waals surface area contributed by atoms with Gasteiger partial charge in [0.05, 0.1) is 19.3 Å².